The van der Waals surface area contributed by atoms with Crippen LogP contribution in [0.2, 0.25) is 0 Å². The second-order valence-electron chi connectivity index (χ2n) is 9.60. The van der Waals surface area contributed by atoms with Crippen molar-refractivity contribution in [2.75, 3.05) is 30.9 Å². The van der Waals surface area contributed by atoms with Gasteiger partial charge in [-0.05, 0) is 30.7 Å². The molecule has 0 saturated carbocycles. The smallest absolute Gasteiger partial charge is 0.256 e. The molecule has 0 aliphatic carbocycles. The fraction of sp³-hybridized carbons (Fsp3) is 0.360. The normalized spacial score (nSPS) is 15.9. The molecule has 1 aliphatic rings. The van der Waals surface area contributed by atoms with E-state index in [4.69, 9.17) is 10.1 Å². The van der Waals surface area contributed by atoms with Crippen LogP contribution in [0.25, 0.3) is 11.0 Å². The van der Waals surface area contributed by atoms with E-state index >= 15 is 0 Å². The summed E-state index contributed by atoms with van der Waals surface area (Å²) in [6, 6.07) is 3.99. The average Bonchev–Trinajstić information content (AvgIpc) is 3.36. The van der Waals surface area contributed by atoms with Gasteiger partial charge in [0.15, 0.2) is 5.82 Å². The van der Waals surface area contributed by atoms with E-state index in [-0.39, 0.29) is 34.4 Å². The first kappa shape index (κ1) is 25.9. The van der Waals surface area contributed by atoms with Gasteiger partial charge >= 0.3 is 0 Å². The summed E-state index contributed by atoms with van der Waals surface area (Å²) in [6.45, 7) is 7.22. The number of nitrogens with one attached hydrogen (secondary N) is 5. The van der Waals surface area contributed by atoms with Gasteiger partial charge in [-0.3, -0.25) is 10.2 Å². The summed E-state index contributed by atoms with van der Waals surface area (Å²) < 4.78 is 20.1. The van der Waals surface area contributed by atoms with Gasteiger partial charge in [0.05, 0.1) is 24.5 Å². The highest BCUT2D eigenvalue weighted by atomic mass is 19.1. The molecule has 12 heteroatoms. The maximum absolute atomic E-state index is 14.7. The lowest BCUT2D eigenvalue weighted by Crippen LogP contribution is -2.31. The summed E-state index contributed by atoms with van der Waals surface area (Å²) in [4.78, 5) is 30.0. The van der Waals surface area contributed by atoms with E-state index in [0.29, 0.717) is 30.2 Å². The van der Waals surface area contributed by atoms with Gasteiger partial charge in [0, 0.05) is 30.3 Å². The molecule has 3 aromatic rings. The van der Waals surface area contributed by atoms with Gasteiger partial charge in [0.1, 0.15) is 29.0 Å². The zero-order chi connectivity index (χ0) is 26.6. The van der Waals surface area contributed by atoms with Crippen LogP contribution in [0.4, 0.5) is 21.8 Å². The number of hydrogen-bond donors (Lipinski definition) is 5. The average molecular weight is 508 g/mol. The Morgan fingerprint density at radius 1 is 1.24 bits per heavy atom. The highest BCUT2D eigenvalue weighted by molar-refractivity contribution is 6.09. The highest BCUT2D eigenvalue weighted by Gasteiger charge is 2.19. The van der Waals surface area contributed by atoms with E-state index in [9.17, 15) is 9.18 Å². The van der Waals surface area contributed by atoms with E-state index in [1.807, 2.05) is 20.8 Å². The first-order chi connectivity index (χ1) is 17.6. The lowest BCUT2D eigenvalue weighted by atomic mass is 9.91. The molecule has 194 valence electrons. The highest BCUT2D eigenvalue weighted by Crippen LogP contribution is 2.25. The molecule has 0 radical (unpaired) electrons. The Bertz CT molecular complexity index is 1350. The minimum absolute atomic E-state index is 0.0256. The summed E-state index contributed by atoms with van der Waals surface area (Å²) in [5.41, 5.74) is 1.61. The van der Waals surface area contributed by atoms with Gasteiger partial charge < -0.3 is 26.0 Å². The Morgan fingerprint density at radius 2 is 2.05 bits per heavy atom. The van der Waals surface area contributed by atoms with Crippen molar-refractivity contribution >= 4 is 40.2 Å². The van der Waals surface area contributed by atoms with Gasteiger partial charge in [-0.15, -0.1) is 0 Å². The number of allylic oxidation sites excluding steroid dienone is 1. The maximum atomic E-state index is 14.7. The number of hydrogen-bond acceptors (Lipinski definition) is 10. The number of fused-ring (bicyclic) bond motifs is 1. The molecule has 5 N–H and O–H groups in total. The molecule has 37 heavy (non-hydrogen) atoms. The molecule has 11 nitrogen and oxygen atoms in total. The van der Waals surface area contributed by atoms with E-state index in [2.05, 4.69) is 41.2 Å². The van der Waals surface area contributed by atoms with Crippen LogP contribution in [-0.4, -0.2) is 58.0 Å². The third-order valence-electron chi connectivity index (χ3n) is 5.74. The summed E-state index contributed by atoms with van der Waals surface area (Å²) in [5.74, 6) is -0.576. The third kappa shape index (κ3) is 6.33. The third-order valence-corrected chi connectivity index (χ3v) is 5.74. The van der Waals surface area contributed by atoms with Crippen LogP contribution < -0.4 is 21.3 Å². The Kier molecular flexibility index (Phi) is 7.58. The molecule has 1 atom stereocenters. The maximum Gasteiger partial charge on any atom is 0.256 e. The zero-order valence-electron chi connectivity index (χ0n) is 21.1. The number of carbonyl (C=O) groups is 1. The molecule has 2 aromatic heterocycles. The Morgan fingerprint density at radius 3 is 2.76 bits per heavy atom. The zero-order valence-corrected chi connectivity index (χ0v) is 21.1. The lowest BCUT2D eigenvalue weighted by molar-refractivity contribution is 0.0977. The number of halogens is 1. The van der Waals surface area contributed by atoms with E-state index < -0.39 is 11.7 Å². The molecular formula is C25H30FN9O2. The number of anilines is 3. The second kappa shape index (κ2) is 10.8. The topological polar surface area (TPSA) is 150 Å². The monoisotopic (exact) mass is 507 g/mol. The van der Waals surface area contributed by atoms with Crippen LogP contribution in [0.5, 0.6) is 0 Å². The van der Waals surface area contributed by atoms with Crippen molar-refractivity contribution in [1.29, 1.82) is 5.41 Å². The van der Waals surface area contributed by atoms with Crippen LogP contribution in [0.15, 0.2) is 42.5 Å². The summed E-state index contributed by atoms with van der Waals surface area (Å²) in [6.07, 6.45) is 5.28. The van der Waals surface area contributed by atoms with Gasteiger partial charge in [-0.2, -0.15) is 0 Å². The summed E-state index contributed by atoms with van der Waals surface area (Å²) >= 11 is 0. The van der Waals surface area contributed by atoms with Crippen LogP contribution in [-0.2, 0) is 4.74 Å². The molecule has 3 heterocycles. The SMILES string of the molecule is CNC(=CC(=N)NC(=O)c1ccc(F)c(Nc2ncnc3cnc(NC4CCOC4)nc23)c1)C(C)(C)C. The number of amides is 1. The van der Waals surface area contributed by atoms with E-state index in [1.165, 1.54) is 24.5 Å². The van der Waals surface area contributed by atoms with Crippen molar-refractivity contribution in [3.63, 3.8) is 0 Å². The van der Waals surface area contributed by atoms with Gasteiger partial charge in [-0.1, -0.05) is 20.8 Å². The molecule has 1 saturated heterocycles. The molecule has 1 unspecified atom stereocenters. The van der Waals surface area contributed by atoms with Gasteiger partial charge in [0.2, 0.25) is 5.95 Å². The first-order valence-electron chi connectivity index (χ1n) is 11.8. The molecule has 1 fully saturated rings. The van der Waals surface area contributed by atoms with Crippen molar-refractivity contribution in [1.82, 2.24) is 30.6 Å². The molecule has 0 spiro atoms. The number of aromatic nitrogens is 4. The number of ether oxygens (including phenoxy) is 1. The van der Waals surface area contributed by atoms with Crippen LogP contribution >= 0.6 is 0 Å². The second-order valence-corrected chi connectivity index (χ2v) is 9.60. The predicted molar refractivity (Wildman–Crippen MR) is 139 cm³/mol. The predicted octanol–water partition coefficient (Wildman–Crippen LogP) is 3.36. The minimum atomic E-state index is -0.584. The minimum Gasteiger partial charge on any atom is -0.391 e. The van der Waals surface area contributed by atoms with Crippen LogP contribution in [0, 0.1) is 16.6 Å². The number of rotatable bonds is 7. The largest absolute Gasteiger partial charge is 0.391 e. The standard InChI is InChI=1S/C25H30FN9O2/c1-25(2,3)19(28-4)10-20(27)34-23(36)14-5-6-16(26)17(9-14)33-22-21-18(30-13-31-22)11-29-24(35-21)32-15-7-8-37-12-15/h5-6,9-11,13,15,28H,7-8,12H2,1-4H3,(H2,27,34,36)(H,29,32,35)(H,30,31,33). The van der Waals surface area contributed by atoms with Crippen molar-refractivity contribution < 1.29 is 13.9 Å². The van der Waals surface area contributed by atoms with Crippen LogP contribution in [0.3, 0.4) is 0 Å². The van der Waals surface area contributed by atoms with Gasteiger partial charge in [0.25, 0.3) is 5.91 Å². The molecule has 0 bridgehead atoms. The fourth-order valence-corrected chi connectivity index (χ4v) is 3.77. The number of carbonyl (C=O) groups excluding carboxylic acids is 1. The van der Waals surface area contributed by atoms with Gasteiger partial charge in [-0.25, -0.2) is 24.3 Å². The Hall–Kier alpha value is -4.19. The fourth-order valence-electron chi connectivity index (χ4n) is 3.77. The number of nitrogens with zero attached hydrogens (tertiary/aromatic N) is 4. The quantitative estimate of drug-likeness (QED) is 0.240. The summed E-state index contributed by atoms with van der Waals surface area (Å²) in [7, 11) is 1.76. The van der Waals surface area contributed by atoms with Crippen molar-refractivity contribution in [3.8, 4) is 0 Å². The lowest BCUT2D eigenvalue weighted by Gasteiger charge is -2.22. The molecule has 1 aromatic carbocycles. The van der Waals surface area contributed by atoms with Crippen molar-refractivity contribution in [2.24, 2.45) is 5.41 Å². The molecular weight excluding hydrogens is 477 g/mol. The van der Waals surface area contributed by atoms with Crippen molar-refractivity contribution in [3.05, 3.63) is 53.9 Å². The van der Waals surface area contributed by atoms with E-state index in [0.717, 1.165) is 12.1 Å². The van der Waals surface area contributed by atoms with E-state index in [1.54, 1.807) is 19.3 Å². The van der Waals surface area contributed by atoms with Crippen molar-refractivity contribution in [2.45, 2.75) is 33.2 Å². The Labute approximate surface area is 213 Å². The molecule has 1 amide bonds. The number of benzene rings is 1. The first-order valence-corrected chi connectivity index (χ1v) is 11.8. The molecule has 1 aliphatic heterocycles. The summed E-state index contributed by atoms with van der Waals surface area (Å²) in [5, 5.41) is 19.9. The molecule has 4 rings (SSSR count). The number of amidine groups is 1. The van der Waals surface area contributed by atoms with Crippen LogP contribution in [0.1, 0.15) is 37.6 Å². The Balaban J connectivity index is 1.55.